The van der Waals surface area contributed by atoms with Gasteiger partial charge in [-0.3, -0.25) is 33.6 Å². The smallest absolute Gasteiger partial charge is 0.251 e. The molecular weight excluding hydrogens is 803 g/mol. The molecule has 63 heavy (non-hydrogen) atoms. The zero-order valence-corrected chi connectivity index (χ0v) is 38.9. The molecule has 2 aliphatic heterocycles. The lowest BCUT2D eigenvalue weighted by atomic mass is 9.85. The van der Waals surface area contributed by atoms with E-state index >= 15 is 0 Å². The molecule has 4 unspecified atom stereocenters. The quantitative estimate of drug-likeness (QED) is 0.139. The molecule has 7 N–H and O–H groups in total. The summed E-state index contributed by atoms with van der Waals surface area (Å²) >= 11 is 0. The zero-order valence-electron chi connectivity index (χ0n) is 38.9. The highest BCUT2D eigenvalue weighted by molar-refractivity contribution is 6.00. The Labute approximate surface area is 373 Å². The fourth-order valence-corrected chi connectivity index (χ4v) is 7.96. The van der Waals surface area contributed by atoms with E-state index in [9.17, 15) is 33.6 Å². The number of benzene rings is 2. The Kier molecular flexibility index (Phi) is 17.8. The summed E-state index contributed by atoms with van der Waals surface area (Å²) in [4.78, 5) is 92.4. The predicted molar refractivity (Wildman–Crippen MR) is 242 cm³/mol. The highest BCUT2D eigenvalue weighted by Crippen LogP contribution is 2.29. The Morgan fingerprint density at radius 3 is 1.56 bits per heavy atom. The molecule has 2 fully saturated rings. The average Bonchev–Trinajstić information content (AvgIpc) is 3.93. The van der Waals surface area contributed by atoms with Gasteiger partial charge in [-0.25, -0.2) is 0 Å². The van der Waals surface area contributed by atoms with Gasteiger partial charge in [0.25, 0.3) is 11.8 Å². The molecule has 7 amide bonds. The van der Waals surface area contributed by atoms with E-state index < -0.39 is 35.0 Å². The minimum absolute atomic E-state index is 0.196. The van der Waals surface area contributed by atoms with E-state index in [1.165, 1.54) is 23.6 Å². The highest BCUT2D eigenvalue weighted by Gasteiger charge is 2.40. The second-order valence-electron chi connectivity index (χ2n) is 19.1. The number of aryl methyl sites for hydroxylation is 1. The van der Waals surface area contributed by atoms with Gasteiger partial charge in [0.05, 0.1) is 18.1 Å². The van der Waals surface area contributed by atoms with Crippen LogP contribution in [0.25, 0.3) is 0 Å². The Morgan fingerprint density at radius 1 is 0.667 bits per heavy atom. The Bertz CT molecular complexity index is 1840. The van der Waals surface area contributed by atoms with Crippen molar-refractivity contribution >= 4 is 41.9 Å². The summed E-state index contributed by atoms with van der Waals surface area (Å²) in [6.07, 6.45) is 5.29. The number of hydrogen-bond donors (Lipinski definition) is 7. The summed E-state index contributed by atoms with van der Waals surface area (Å²) in [6, 6.07) is 12.1. The molecule has 0 aromatic heterocycles. The van der Waals surface area contributed by atoms with Gasteiger partial charge in [-0.2, -0.15) is 0 Å². The first-order valence-electron chi connectivity index (χ1n) is 22.2. The zero-order chi connectivity index (χ0) is 46.6. The molecule has 16 heteroatoms. The molecule has 0 saturated carbocycles. The van der Waals surface area contributed by atoms with Crippen LogP contribution in [0, 0.1) is 10.8 Å². The first kappa shape index (κ1) is 50.3. The first-order valence-corrected chi connectivity index (χ1v) is 22.2. The van der Waals surface area contributed by atoms with Crippen molar-refractivity contribution in [3.05, 3.63) is 70.8 Å². The Balaban J connectivity index is 0.000000565. The number of fused-ring (bicyclic) bond motifs is 1. The summed E-state index contributed by atoms with van der Waals surface area (Å²) in [6.45, 7) is 16.3. The third-order valence-corrected chi connectivity index (χ3v) is 12.1. The van der Waals surface area contributed by atoms with E-state index in [-0.39, 0.29) is 53.6 Å². The van der Waals surface area contributed by atoms with E-state index in [0.29, 0.717) is 50.1 Å². The van der Waals surface area contributed by atoms with E-state index in [1.807, 2.05) is 47.6 Å². The van der Waals surface area contributed by atoms with E-state index in [0.717, 1.165) is 19.3 Å². The van der Waals surface area contributed by atoms with Crippen LogP contribution >= 0.6 is 0 Å². The van der Waals surface area contributed by atoms with Crippen molar-refractivity contribution in [1.29, 1.82) is 0 Å². The fourth-order valence-electron chi connectivity index (χ4n) is 7.96. The lowest BCUT2D eigenvalue weighted by Crippen LogP contribution is -2.57. The molecule has 1 aliphatic carbocycles. The van der Waals surface area contributed by atoms with Crippen molar-refractivity contribution in [3.8, 4) is 0 Å². The molecule has 2 aromatic rings. The molecular formula is C47H71N9O7. The number of likely N-dealkylation sites (tertiary alicyclic amines) is 2. The van der Waals surface area contributed by atoms with Crippen LogP contribution < -0.4 is 37.2 Å². The number of likely N-dealkylation sites (N-methyl/N-ethyl adjacent to an activating group) is 2. The van der Waals surface area contributed by atoms with Crippen molar-refractivity contribution in [2.75, 3.05) is 40.3 Å². The van der Waals surface area contributed by atoms with Gasteiger partial charge in [0, 0.05) is 49.4 Å². The molecule has 3 aliphatic rings. The predicted octanol–water partition coefficient (Wildman–Crippen LogP) is 2.44. The minimum Gasteiger partial charge on any atom is -0.352 e. The van der Waals surface area contributed by atoms with E-state index in [1.54, 1.807) is 55.9 Å². The van der Waals surface area contributed by atoms with Crippen LogP contribution in [-0.2, 0) is 30.4 Å². The molecule has 346 valence electrons. The van der Waals surface area contributed by atoms with Gasteiger partial charge in [-0.1, -0.05) is 71.9 Å². The number of carbonyl (C=O) groups excluding carboxylic acids is 7. The van der Waals surface area contributed by atoms with Crippen LogP contribution in [0.1, 0.15) is 119 Å². The molecule has 5 rings (SSSR count). The minimum atomic E-state index is -0.728. The summed E-state index contributed by atoms with van der Waals surface area (Å²) in [7, 11) is 3.36. The van der Waals surface area contributed by atoms with Crippen molar-refractivity contribution < 1.29 is 33.6 Å². The van der Waals surface area contributed by atoms with E-state index in [4.69, 9.17) is 0 Å². The maximum Gasteiger partial charge on any atom is 0.251 e. The number of hydrogen-bond acceptors (Lipinski definition) is 9. The van der Waals surface area contributed by atoms with Crippen molar-refractivity contribution in [3.63, 3.8) is 0 Å². The van der Waals surface area contributed by atoms with Gasteiger partial charge in [0.15, 0.2) is 0 Å². The number of nitrogens with zero attached hydrogens (tertiary/aromatic N) is 2. The summed E-state index contributed by atoms with van der Waals surface area (Å²) in [5.74, 6) is -1.63. The van der Waals surface area contributed by atoms with Gasteiger partial charge >= 0.3 is 0 Å². The Hall–Kier alpha value is -5.35. The standard InChI is InChI=1S/C36H58N8O6.C11H13NO/c1-21(37-9)29(45)41-27(35(3,4)5)33(49)43-16-14-25(19-43)39-31(47)23-12-11-13-24(18-23)32(48)40-26-15-17-44(20-26)34(50)28(36(6,7)8)42-30(46)22(2)38-10;13-8-12-11-7-3-5-9-4-1-2-6-10(9)11/h11-13,18,21-22,25-28,37-38H,14-17,19-20H2,1-10H3,(H,39,47)(H,40,48)(H,41,45)(H,42,46);1-2,4,6,8,11H,3,5,7H2,(H,12,13)/t21-,22?,25-,26?,27?,28+;/m0./s1. The van der Waals surface area contributed by atoms with Crippen LogP contribution in [0.5, 0.6) is 0 Å². The van der Waals surface area contributed by atoms with Gasteiger partial charge in [-0.15, -0.1) is 0 Å². The number of amides is 7. The second-order valence-corrected chi connectivity index (χ2v) is 19.1. The maximum atomic E-state index is 13.5. The van der Waals surface area contributed by atoms with Crippen molar-refractivity contribution in [2.24, 2.45) is 10.8 Å². The number of nitrogens with one attached hydrogen (secondary N) is 7. The molecule has 0 radical (unpaired) electrons. The topological polar surface area (TPSA) is 210 Å². The molecule has 0 bridgehead atoms. The Morgan fingerprint density at radius 2 is 1.13 bits per heavy atom. The molecule has 0 spiro atoms. The van der Waals surface area contributed by atoms with Gasteiger partial charge < -0.3 is 47.0 Å². The average molecular weight is 874 g/mol. The van der Waals surface area contributed by atoms with Crippen LogP contribution in [-0.4, -0.2) is 128 Å². The van der Waals surface area contributed by atoms with Crippen molar-refractivity contribution in [1.82, 2.24) is 47.0 Å². The van der Waals surface area contributed by atoms with Crippen LogP contribution in [0.3, 0.4) is 0 Å². The van der Waals surface area contributed by atoms with Gasteiger partial charge in [0.1, 0.15) is 12.1 Å². The fraction of sp³-hybridized carbons (Fsp3) is 0.596. The lowest BCUT2D eigenvalue weighted by molar-refractivity contribution is -0.139. The molecule has 2 aromatic carbocycles. The second kappa shape index (κ2) is 22.3. The number of rotatable bonds is 14. The SMILES string of the molecule is CNC(C)C(=O)N[C@H](C(=O)N1CCC(NC(=O)c2cccc(C(=O)N[C@H]3CCN(C(=O)C(NC(=O)[C@H](C)NC)C(C)(C)C)C3)c2)C1)C(C)(C)C.O=CNC1CCCc2ccccc21. The third-order valence-electron chi connectivity index (χ3n) is 12.1. The molecule has 16 nitrogen and oxygen atoms in total. The summed E-state index contributed by atoms with van der Waals surface area (Å²) < 4.78 is 0. The van der Waals surface area contributed by atoms with E-state index in [2.05, 4.69) is 55.4 Å². The van der Waals surface area contributed by atoms with Gasteiger partial charge in [0.2, 0.25) is 30.0 Å². The third kappa shape index (κ3) is 13.8. The highest BCUT2D eigenvalue weighted by atomic mass is 16.2. The molecule has 2 saturated heterocycles. The largest absolute Gasteiger partial charge is 0.352 e. The normalized spacial score (nSPS) is 20.4. The lowest BCUT2D eigenvalue weighted by Gasteiger charge is -2.34. The summed E-state index contributed by atoms with van der Waals surface area (Å²) in [5, 5.41) is 20.4. The summed E-state index contributed by atoms with van der Waals surface area (Å²) in [5.41, 5.74) is 2.25. The van der Waals surface area contributed by atoms with Crippen LogP contribution in [0.2, 0.25) is 0 Å². The molecule has 2 heterocycles. The van der Waals surface area contributed by atoms with Crippen LogP contribution in [0.15, 0.2) is 48.5 Å². The van der Waals surface area contributed by atoms with Crippen LogP contribution in [0.4, 0.5) is 0 Å². The monoisotopic (exact) mass is 874 g/mol. The maximum absolute atomic E-state index is 13.5. The van der Waals surface area contributed by atoms with Gasteiger partial charge in [-0.05, 0) is 100 Å². The number of carbonyl (C=O) groups is 7. The first-order chi connectivity index (χ1) is 29.7. The molecule has 7 atom stereocenters. The van der Waals surface area contributed by atoms with Crippen molar-refractivity contribution in [2.45, 2.75) is 130 Å².